The fourth-order valence-corrected chi connectivity index (χ4v) is 6.99. The average Bonchev–Trinajstić information content (AvgIpc) is 4.13. The van der Waals surface area contributed by atoms with Crippen LogP contribution >= 0.6 is 0 Å². The molecule has 0 saturated carbocycles. The number of hydrogen-bond acceptors (Lipinski definition) is 14. The van der Waals surface area contributed by atoms with E-state index in [9.17, 15) is 39.0 Å². The molecule has 4 atom stereocenters. The summed E-state index contributed by atoms with van der Waals surface area (Å²) in [7, 11) is 5.15. The highest BCUT2D eigenvalue weighted by atomic mass is 16.5. The molecule has 0 spiro atoms. The molecule has 16 nitrogen and oxygen atoms in total. The van der Waals surface area contributed by atoms with E-state index in [1.165, 1.54) is 57.1 Å². The quantitative estimate of drug-likeness (QED) is 0.170. The molecule has 0 aliphatic carbocycles. The molecule has 64 heavy (non-hydrogen) atoms. The monoisotopic (exact) mass is 884 g/mol. The molecule has 7 rings (SSSR count). The van der Waals surface area contributed by atoms with E-state index < -0.39 is 48.2 Å². The summed E-state index contributed by atoms with van der Waals surface area (Å²) < 4.78 is 29.8. The number of hydrogen-bond donors (Lipinski definition) is 2. The first-order valence-corrected chi connectivity index (χ1v) is 20.6. The van der Waals surface area contributed by atoms with Gasteiger partial charge in [-0.15, -0.1) is 0 Å². The van der Waals surface area contributed by atoms with Crippen LogP contribution in [0.3, 0.4) is 0 Å². The lowest BCUT2D eigenvalue weighted by atomic mass is 10.1. The van der Waals surface area contributed by atoms with E-state index in [4.69, 9.17) is 18.9 Å². The second kappa shape index (κ2) is 24.8. The van der Waals surface area contributed by atoms with Gasteiger partial charge in [-0.2, -0.15) is 0 Å². The Balaban J connectivity index is 0.000000216. The van der Waals surface area contributed by atoms with E-state index in [2.05, 4.69) is 9.47 Å². The summed E-state index contributed by atoms with van der Waals surface area (Å²) in [5, 5.41) is 18.8. The van der Waals surface area contributed by atoms with Gasteiger partial charge >= 0.3 is 23.9 Å². The third-order valence-electron chi connectivity index (χ3n) is 10.3. The van der Waals surface area contributed by atoms with Crippen molar-refractivity contribution in [1.29, 1.82) is 0 Å². The number of amides is 2. The second-order valence-electron chi connectivity index (χ2n) is 14.9. The maximum absolute atomic E-state index is 12.9. The first kappa shape index (κ1) is 49.9. The number of benzene rings is 4. The van der Waals surface area contributed by atoms with Gasteiger partial charge in [0.2, 0.25) is 0 Å². The van der Waals surface area contributed by atoms with Crippen LogP contribution in [0.5, 0.6) is 11.5 Å². The topological polar surface area (TPSA) is 205 Å². The highest BCUT2D eigenvalue weighted by molar-refractivity contribution is 5.98. The van der Waals surface area contributed by atoms with E-state index in [-0.39, 0.29) is 49.1 Å². The van der Waals surface area contributed by atoms with Crippen LogP contribution in [0.25, 0.3) is 0 Å². The molecule has 0 aromatic heterocycles. The van der Waals surface area contributed by atoms with E-state index in [0.29, 0.717) is 22.4 Å². The van der Waals surface area contributed by atoms with Gasteiger partial charge in [-0.25, -0.2) is 19.2 Å². The third-order valence-corrected chi connectivity index (χ3v) is 10.3. The largest absolute Gasteiger partial charge is 0.507 e. The van der Waals surface area contributed by atoms with E-state index in [1.54, 1.807) is 72.8 Å². The van der Waals surface area contributed by atoms with E-state index >= 15 is 0 Å². The number of ether oxygens (including phenoxy) is 6. The molecule has 3 saturated heterocycles. The number of β-amino-alcohol motifs (C(OH)–C–C–N with tert-alkyl or cyclic N) is 1. The SMILES string of the molecule is C1CCOC1.COC(=O)[C@@H]1C[C@@H](O)CN1C(=O)c1ccccc1.COC(=O)c1cc(C)ccc1O.COC(=O)c1cc(C)ccc1O[C@H]1C[C@@H](C(=O)OC)N(C(=O)c2ccccc2)C1. The van der Waals surface area contributed by atoms with Crippen LogP contribution in [0.1, 0.15) is 78.2 Å². The summed E-state index contributed by atoms with van der Waals surface area (Å²) in [6, 6.07) is 25.9. The first-order chi connectivity index (χ1) is 30.7. The number of aliphatic hydroxyl groups is 1. The van der Waals surface area contributed by atoms with Crippen molar-refractivity contribution >= 4 is 35.7 Å². The molecule has 0 unspecified atom stereocenters. The molecule has 2 N–H and O–H groups in total. The van der Waals surface area contributed by atoms with Crippen molar-refractivity contribution in [2.45, 2.75) is 63.8 Å². The van der Waals surface area contributed by atoms with Crippen molar-refractivity contribution in [3.63, 3.8) is 0 Å². The standard InChI is InChI=1S/C22H23NO6.C13H15NO4.C9H10O3.C4H8O/c1-14-9-10-19(17(11-14)21(25)27-2)29-16-12-18(22(26)28-3)23(13-16)20(24)15-7-5-4-6-8-15;1-18-13(17)11-7-10(15)8-14(11)12(16)9-5-3-2-4-6-9;1-6-3-4-8(10)7(5-6)9(11)12-2;1-2-4-5-3-1/h4-11,16,18H,12-13H2,1-3H3;2-6,10-11,15H,7-8H2,1H3;3-5,10H,1-2H3;1-4H2/t16-,18-;10-,11+;;/m01../s1. The normalized spacial score (nSPS) is 18.4. The lowest BCUT2D eigenvalue weighted by Crippen LogP contribution is -2.41. The Bertz CT molecular complexity index is 2190. The van der Waals surface area contributed by atoms with Crippen molar-refractivity contribution < 1.29 is 67.4 Å². The molecule has 3 aliphatic rings. The number of phenols is 1. The van der Waals surface area contributed by atoms with Crippen molar-refractivity contribution in [2.75, 3.05) is 54.7 Å². The fraction of sp³-hybridized carbons (Fsp3) is 0.375. The maximum Gasteiger partial charge on any atom is 0.341 e. The molecule has 3 fully saturated rings. The minimum atomic E-state index is -0.760. The molecule has 16 heteroatoms. The van der Waals surface area contributed by atoms with Crippen LogP contribution in [-0.2, 0) is 33.3 Å². The summed E-state index contributed by atoms with van der Waals surface area (Å²) in [6.07, 6.45) is 1.89. The summed E-state index contributed by atoms with van der Waals surface area (Å²) in [5.74, 6) is -2.25. The lowest BCUT2D eigenvalue weighted by Gasteiger charge is -2.22. The van der Waals surface area contributed by atoms with Crippen LogP contribution in [-0.4, -0.2) is 135 Å². The number of aromatic hydroxyl groups is 1. The molecule has 0 bridgehead atoms. The minimum Gasteiger partial charge on any atom is -0.507 e. The predicted molar refractivity (Wildman–Crippen MR) is 233 cm³/mol. The van der Waals surface area contributed by atoms with Gasteiger partial charge in [0, 0.05) is 43.7 Å². The van der Waals surface area contributed by atoms with E-state index in [1.807, 2.05) is 32.0 Å². The number of aryl methyl sites for hydroxylation is 2. The number of carbonyl (C=O) groups is 6. The Kier molecular flexibility index (Phi) is 19.3. The molecule has 3 heterocycles. The number of methoxy groups -OCH3 is 4. The van der Waals surface area contributed by atoms with Crippen molar-refractivity contribution in [3.05, 3.63) is 130 Å². The number of aliphatic hydroxyl groups excluding tert-OH is 1. The lowest BCUT2D eigenvalue weighted by molar-refractivity contribution is -0.145. The fourth-order valence-electron chi connectivity index (χ4n) is 6.99. The van der Waals surface area contributed by atoms with Crippen LogP contribution in [0, 0.1) is 13.8 Å². The molecular weight excluding hydrogens is 829 g/mol. The minimum absolute atomic E-state index is 0.0487. The Labute approximate surface area is 372 Å². The van der Waals surface area contributed by atoms with Gasteiger partial charge in [-0.3, -0.25) is 9.59 Å². The molecule has 2 amide bonds. The van der Waals surface area contributed by atoms with Crippen LogP contribution in [0.15, 0.2) is 97.1 Å². The Morgan fingerprint density at radius 2 is 1.06 bits per heavy atom. The third kappa shape index (κ3) is 13.9. The van der Waals surface area contributed by atoms with Crippen molar-refractivity contribution in [2.24, 2.45) is 0 Å². The van der Waals surface area contributed by atoms with Gasteiger partial charge in [0.05, 0.1) is 41.1 Å². The van der Waals surface area contributed by atoms with Gasteiger partial charge in [-0.1, -0.05) is 59.7 Å². The smallest absolute Gasteiger partial charge is 0.341 e. The predicted octanol–water partition coefficient (Wildman–Crippen LogP) is 5.34. The zero-order valence-electron chi connectivity index (χ0n) is 36.9. The Morgan fingerprint density at radius 1 is 0.594 bits per heavy atom. The van der Waals surface area contributed by atoms with Crippen molar-refractivity contribution in [3.8, 4) is 11.5 Å². The first-order valence-electron chi connectivity index (χ1n) is 20.6. The summed E-state index contributed by atoms with van der Waals surface area (Å²) >= 11 is 0. The Hall–Kier alpha value is -6.78. The Morgan fingerprint density at radius 3 is 1.55 bits per heavy atom. The number of esters is 4. The highest BCUT2D eigenvalue weighted by Crippen LogP contribution is 2.29. The number of likely N-dealkylation sites (tertiary alicyclic amines) is 2. The molecule has 342 valence electrons. The number of carbonyl (C=O) groups excluding carboxylic acids is 6. The summed E-state index contributed by atoms with van der Waals surface area (Å²) in [4.78, 5) is 74.9. The number of nitrogens with zero attached hydrogens (tertiary/aromatic N) is 2. The van der Waals surface area contributed by atoms with Gasteiger partial charge in [0.25, 0.3) is 11.8 Å². The molecule has 4 aromatic carbocycles. The average molecular weight is 885 g/mol. The van der Waals surface area contributed by atoms with Crippen LogP contribution in [0.2, 0.25) is 0 Å². The summed E-state index contributed by atoms with van der Waals surface area (Å²) in [5.41, 5.74) is 3.28. The number of rotatable bonds is 8. The molecule has 0 radical (unpaired) electrons. The van der Waals surface area contributed by atoms with Crippen LogP contribution < -0.4 is 4.74 Å². The zero-order chi connectivity index (χ0) is 46.8. The maximum atomic E-state index is 12.9. The van der Waals surface area contributed by atoms with Gasteiger partial charge in [-0.05, 0) is 75.2 Å². The van der Waals surface area contributed by atoms with E-state index in [0.717, 1.165) is 24.3 Å². The molecule has 3 aliphatic heterocycles. The van der Waals surface area contributed by atoms with Gasteiger partial charge in [0.1, 0.15) is 40.8 Å². The van der Waals surface area contributed by atoms with Crippen molar-refractivity contribution in [1.82, 2.24) is 9.80 Å². The molecule has 4 aromatic rings. The zero-order valence-corrected chi connectivity index (χ0v) is 36.9. The summed E-state index contributed by atoms with van der Waals surface area (Å²) in [6.45, 7) is 6.06. The molecular formula is C48H56N2O14. The van der Waals surface area contributed by atoms with Gasteiger partial charge < -0.3 is 48.4 Å². The second-order valence-corrected chi connectivity index (χ2v) is 14.9. The van der Waals surface area contributed by atoms with Gasteiger partial charge in [0.15, 0.2) is 0 Å². The van der Waals surface area contributed by atoms with Crippen LogP contribution in [0.4, 0.5) is 0 Å². The highest BCUT2D eigenvalue weighted by Gasteiger charge is 2.42. The number of phenolic OH excluding ortho intramolecular Hbond substituents is 1.